The summed E-state index contributed by atoms with van der Waals surface area (Å²) in [6.07, 6.45) is 4.49. The molecular weight excluding hydrogens is 348 g/mol. The summed E-state index contributed by atoms with van der Waals surface area (Å²) in [7, 11) is 0. The number of aromatic hydroxyl groups is 1. The van der Waals surface area contributed by atoms with Gasteiger partial charge in [-0.3, -0.25) is 20.5 Å². The Morgan fingerprint density at radius 3 is 2.56 bits per heavy atom. The zero-order valence-electron chi connectivity index (χ0n) is 13.9. The first kappa shape index (κ1) is 17.7. The number of phenolic OH excluding ortho intramolecular Hbond substituents is 1. The van der Waals surface area contributed by atoms with E-state index < -0.39 is 4.92 Å². The molecule has 1 aromatic carbocycles. The number of benzene rings is 1. The Bertz CT molecular complexity index is 990. The number of aromatic nitrogens is 2. The van der Waals surface area contributed by atoms with E-state index in [0.29, 0.717) is 17.3 Å². The van der Waals surface area contributed by atoms with Crippen LogP contribution < -0.4 is 5.43 Å². The summed E-state index contributed by atoms with van der Waals surface area (Å²) in [4.78, 5) is 23.0. The molecule has 2 aromatic heterocycles. The zero-order chi connectivity index (χ0) is 19.1. The lowest BCUT2D eigenvalue weighted by molar-refractivity contribution is -0.384. The number of nitrogens with one attached hydrogen (secondary N) is 1. The van der Waals surface area contributed by atoms with Gasteiger partial charge in [0.15, 0.2) is 11.7 Å². The summed E-state index contributed by atoms with van der Waals surface area (Å²) >= 11 is 0. The summed E-state index contributed by atoms with van der Waals surface area (Å²) in [5.41, 5.74) is 3.31. The number of nitro groups is 1. The Morgan fingerprint density at radius 2 is 1.89 bits per heavy atom. The molecule has 0 bridgehead atoms. The van der Waals surface area contributed by atoms with Crippen molar-refractivity contribution in [3.8, 4) is 5.75 Å². The predicted octanol–water partition coefficient (Wildman–Crippen LogP) is 2.79. The average molecular weight is 362 g/mol. The van der Waals surface area contributed by atoms with Gasteiger partial charge in [-0.15, -0.1) is 0 Å². The lowest BCUT2D eigenvalue weighted by Crippen LogP contribution is -2.20. The molecule has 9 heteroatoms. The quantitative estimate of drug-likeness (QED) is 0.311. The largest absolute Gasteiger partial charge is 0.507 e. The SMILES string of the molecule is O=[N+]([O-])c1ccc(O)c(C=NNC(=Nc2ccccn2)c2ccccn2)c1. The molecule has 9 nitrogen and oxygen atoms in total. The second-order valence-electron chi connectivity index (χ2n) is 5.23. The van der Waals surface area contributed by atoms with Crippen LogP contribution >= 0.6 is 0 Å². The summed E-state index contributed by atoms with van der Waals surface area (Å²) in [5, 5.41) is 24.7. The Labute approximate surface area is 153 Å². The molecule has 0 saturated heterocycles. The molecule has 0 aliphatic heterocycles. The van der Waals surface area contributed by atoms with E-state index >= 15 is 0 Å². The van der Waals surface area contributed by atoms with Gasteiger partial charge in [0.1, 0.15) is 11.4 Å². The average Bonchev–Trinajstić information content (AvgIpc) is 2.70. The molecular formula is C18H14N6O3. The highest BCUT2D eigenvalue weighted by molar-refractivity contribution is 5.99. The van der Waals surface area contributed by atoms with Crippen LogP contribution in [0.15, 0.2) is 77.1 Å². The second kappa shape index (κ2) is 8.30. The minimum absolute atomic E-state index is 0.132. The van der Waals surface area contributed by atoms with Gasteiger partial charge in [-0.2, -0.15) is 5.10 Å². The van der Waals surface area contributed by atoms with Crippen molar-refractivity contribution in [3.63, 3.8) is 0 Å². The molecule has 3 rings (SSSR count). The number of hydrazone groups is 1. The standard InChI is InChI=1S/C18H14N6O3/c25-16-8-7-14(24(26)27)11-13(16)12-21-23-18(15-5-1-3-9-19-15)22-17-6-2-4-10-20-17/h1-12,25H,(H,20,22,23). The Morgan fingerprint density at radius 1 is 1.11 bits per heavy atom. The summed E-state index contributed by atoms with van der Waals surface area (Å²) in [5.74, 6) is 0.654. The molecule has 0 amide bonds. The highest BCUT2D eigenvalue weighted by atomic mass is 16.6. The van der Waals surface area contributed by atoms with Crippen molar-refractivity contribution < 1.29 is 10.0 Å². The van der Waals surface area contributed by atoms with E-state index in [-0.39, 0.29) is 17.0 Å². The Hall–Kier alpha value is -4.14. The zero-order valence-corrected chi connectivity index (χ0v) is 13.9. The van der Waals surface area contributed by atoms with Gasteiger partial charge in [0.2, 0.25) is 0 Å². The van der Waals surface area contributed by atoms with Crippen LogP contribution in [-0.2, 0) is 0 Å². The van der Waals surface area contributed by atoms with Gasteiger partial charge in [0, 0.05) is 30.1 Å². The first-order chi connectivity index (χ1) is 13.1. The van der Waals surface area contributed by atoms with E-state index in [1.54, 1.807) is 48.8 Å². The van der Waals surface area contributed by atoms with Crippen molar-refractivity contribution in [3.05, 3.63) is 88.4 Å². The van der Waals surface area contributed by atoms with E-state index in [4.69, 9.17) is 0 Å². The molecule has 0 atom stereocenters. The second-order valence-corrected chi connectivity index (χ2v) is 5.23. The Kier molecular flexibility index (Phi) is 5.43. The minimum Gasteiger partial charge on any atom is -0.507 e. The molecule has 0 unspecified atom stereocenters. The molecule has 0 radical (unpaired) electrons. The third-order valence-corrected chi connectivity index (χ3v) is 3.38. The summed E-state index contributed by atoms with van der Waals surface area (Å²) in [6.45, 7) is 0. The van der Waals surface area contributed by atoms with Crippen molar-refractivity contribution in [2.24, 2.45) is 10.1 Å². The third-order valence-electron chi connectivity index (χ3n) is 3.38. The van der Waals surface area contributed by atoms with Crippen molar-refractivity contribution in [2.75, 3.05) is 0 Å². The van der Waals surface area contributed by atoms with Crippen molar-refractivity contribution in [1.29, 1.82) is 0 Å². The summed E-state index contributed by atoms with van der Waals surface area (Å²) in [6, 6.07) is 14.3. The molecule has 0 fully saturated rings. The number of amidine groups is 1. The maximum Gasteiger partial charge on any atom is 0.270 e. The van der Waals surface area contributed by atoms with E-state index in [1.165, 1.54) is 24.4 Å². The normalized spacial score (nSPS) is 11.5. The number of nitro benzene ring substituents is 1. The van der Waals surface area contributed by atoms with Gasteiger partial charge in [0.25, 0.3) is 5.69 Å². The molecule has 0 aliphatic rings. The number of hydrogen-bond acceptors (Lipinski definition) is 7. The van der Waals surface area contributed by atoms with Crippen LogP contribution in [0.1, 0.15) is 11.3 Å². The highest BCUT2D eigenvalue weighted by Gasteiger charge is 2.09. The van der Waals surface area contributed by atoms with Crippen LogP contribution in [0.2, 0.25) is 0 Å². The van der Waals surface area contributed by atoms with Crippen LogP contribution in [0.5, 0.6) is 5.75 Å². The number of hydrogen-bond donors (Lipinski definition) is 2. The van der Waals surface area contributed by atoms with Crippen molar-refractivity contribution in [1.82, 2.24) is 15.4 Å². The van der Waals surface area contributed by atoms with Crippen LogP contribution in [0.3, 0.4) is 0 Å². The molecule has 2 heterocycles. The van der Waals surface area contributed by atoms with E-state index in [2.05, 4.69) is 25.5 Å². The number of nitrogens with zero attached hydrogens (tertiary/aromatic N) is 5. The molecule has 2 N–H and O–H groups in total. The highest BCUT2D eigenvalue weighted by Crippen LogP contribution is 2.21. The molecule has 134 valence electrons. The van der Waals surface area contributed by atoms with Gasteiger partial charge in [0.05, 0.1) is 11.1 Å². The fraction of sp³-hybridized carbons (Fsp3) is 0. The van der Waals surface area contributed by atoms with E-state index in [0.717, 1.165) is 0 Å². The molecule has 0 aliphatic carbocycles. The van der Waals surface area contributed by atoms with Crippen molar-refractivity contribution >= 4 is 23.6 Å². The lowest BCUT2D eigenvalue weighted by Gasteiger charge is -2.05. The Balaban J connectivity index is 1.88. The number of aliphatic imine (C=N–C) groups is 1. The number of phenols is 1. The maximum atomic E-state index is 10.9. The van der Waals surface area contributed by atoms with E-state index in [9.17, 15) is 15.2 Å². The van der Waals surface area contributed by atoms with Gasteiger partial charge in [-0.05, 0) is 30.3 Å². The molecule has 27 heavy (non-hydrogen) atoms. The number of non-ortho nitro benzene ring substituents is 1. The van der Waals surface area contributed by atoms with Crippen LogP contribution in [0, 0.1) is 10.1 Å². The van der Waals surface area contributed by atoms with Crippen LogP contribution in [0.25, 0.3) is 0 Å². The van der Waals surface area contributed by atoms with Crippen molar-refractivity contribution in [2.45, 2.75) is 0 Å². The van der Waals surface area contributed by atoms with Gasteiger partial charge < -0.3 is 5.11 Å². The first-order valence-corrected chi connectivity index (χ1v) is 7.81. The lowest BCUT2D eigenvalue weighted by atomic mass is 10.2. The number of rotatable bonds is 5. The van der Waals surface area contributed by atoms with Crippen LogP contribution in [0.4, 0.5) is 11.5 Å². The topological polar surface area (TPSA) is 126 Å². The van der Waals surface area contributed by atoms with Gasteiger partial charge in [-0.25, -0.2) is 9.98 Å². The fourth-order valence-electron chi connectivity index (χ4n) is 2.10. The summed E-state index contributed by atoms with van der Waals surface area (Å²) < 4.78 is 0. The molecule has 3 aromatic rings. The number of pyridine rings is 2. The minimum atomic E-state index is -0.550. The monoisotopic (exact) mass is 362 g/mol. The fourth-order valence-corrected chi connectivity index (χ4v) is 2.10. The maximum absolute atomic E-state index is 10.9. The van der Waals surface area contributed by atoms with Crippen LogP contribution in [-0.4, -0.2) is 32.0 Å². The first-order valence-electron chi connectivity index (χ1n) is 7.81. The molecule has 0 spiro atoms. The third kappa shape index (κ3) is 4.69. The van der Waals surface area contributed by atoms with Gasteiger partial charge in [-0.1, -0.05) is 12.1 Å². The predicted molar refractivity (Wildman–Crippen MR) is 100 cm³/mol. The van der Waals surface area contributed by atoms with Gasteiger partial charge >= 0.3 is 0 Å². The molecule has 0 saturated carbocycles. The van der Waals surface area contributed by atoms with E-state index in [1.807, 2.05) is 0 Å². The smallest absolute Gasteiger partial charge is 0.270 e.